The Morgan fingerprint density at radius 1 is 1.23 bits per heavy atom. The van der Waals surface area contributed by atoms with Gasteiger partial charge in [-0.15, -0.1) is 5.10 Å². The molecule has 5 rings (SSSR count). The van der Waals surface area contributed by atoms with Crippen molar-refractivity contribution in [3.05, 3.63) is 51.8 Å². The average Bonchev–Trinajstić information content (AvgIpc) is 3.39. The molecule has 31 heavy (non-hydrogen) atoms. The molecule has 0 radical (unpaired) electrons. The van der Waals surface area contributed by atoms with Gasteiger partial charge in [0, 0.05) is 12.0 Å². The zero-order valence-electron chi connectivity index (χ0n) is 17.9. The lowest BCUT2D eigenvalue weighted by Crippen LogP contribution is -2.32. The highest BCUT2D eigenvalue weighted by molar-refractivity contribution is 6.35. The van der Waals surface area contributed by atoms with E-state index in [0.29, 0.717) is 28.4 Å². The summed E-state index contributed by atoms with van der Waals surface area (Å²) < 4.78 is 11.0. The number of ether oxygens (including phenoxy) is 1. The summed E-state index contributed by atoms with van der Waals surface area (Å²) in [6, 6.07) is 5.63. The summed E-state index contributed by atoms with van der Waals surface area (Å²) in [5.74, 6) is 0.452. The van der Waals surface area contributed by atoms with Gasteiger partial charge in [0.25, 0.3) is 5.56 Å². The van der Waals surface area contributed by atoms with Crippen LogP contribution in [0.25, 0.3) is 22.4 Å². The minimum Gasteiger partial charge on any atom is -0.376 e. The number of nitrogens with zero attached hydrogens (tertiary/aromatic N) is 6. The minimum absolute atomic E-state index is 0.0152. The lowest BCUT2D eigenvalue weighted by molar-refractivity contribution is 0.00620. The van der Waals surface area contributed by atoms with Gasteiger partial charge in [-0.2, -0.15) is 4.68 Å². The highest BCUT2D eigenvalue weighted by atomic mass is 35.5. The molecule has 1 atom stereocenters. The molecular weight excluding hydrogens is 416 g/mol. The first-order chi connectivity index (χ1) is 14.8. The normalized spacial score (nSPS) is 17.6. The summed E-state index contributed by atoms with van der Waals surface area (Å²) in [6.45, 7) is 7.38. The van der Waals surface area contributed by atoms with Gasteiger partial charge in [-0.05, 0) is 31.4 Å². The van der Waals surface area contributed by atoms with Crippen molar-refractivity contribution >= 4 is 28.2 Å². The van der Waals surface area contributed by atoms with E-state index in [1.54, 1.807) is 26.0 Å². The molecule has 1 unspecified atom stereocenters. The van der Waals surface area contributed by atoms with Gasteiger partial charge in [0.15, 0.2) is 11.3 Å². The number of hydrogen-bond donors (Lipinski definition) is 0. The first-order valence-corrected chi connectivity index (χ1v) is 11.0. The molecule has 4 heterocycles. The molecule has 1 fully saturated rings. The second kappa shape index (κ2) is 7.46. The Morgan fingerprint density at radius 2 is 2.06 bits per heavy atom. The minimum atomic E-state index is -0.171. The van der Waals surface area contributed by atoms with E-state index in [2.05, 4.69) is 36.1 Å². The van der Waals surface area contributed by atoms with Gasteiger partial charge in [-0.25, -0.2) is 4.98 Å². The quantitative estimate of drug-likeness (QED) is 0.484. The largest absolute Gasteiger partial charge is 0.376 e. The standard InChI is InChI=1S/C22H25ClN6O2/c1-22(2,3)17-12-29(26-25-17)20-19-21(30)27(11-14-7-4-5-10-31-14)18-15(23)8-6-9-16(18)28(19)13-24-20/h6,8-9,12-14H,4-5,7,10-11H2,1-3H3. The molecule has 0 spiro atoms. The fraction of sp³-hybridized carbons (Fsp3) is 0.455. The molecule has 1 saturated heterocycles. The SMILES string of the molecule is CC(C)(C)c1cn(-c2ncn3c2c(=O)n(CC2CCCCO2)c2c(Cl)cccc23)nn1. The smallest absolute Gasteiger partial charge is 0.279 e. The third kappa shape index (κ3) is 3.43. The van der Waals surface area contributed by atoms with E-state index >= 15 is 0 Å². The zero-order chi connectivity index (χ0) is 21.8. The van der Waals surface area contributed by atoms with Crippen LogP contribution >= 0.6 is 11.6 Å². The molecule has 8 nitrogen and oxygen atoms in total. The Balaban J connectivity index is 1.75. The number of rotatable bonds is 3. The Bertz CT molecular complexity index is 1320. The van der Waals surface area contributed by atoms with Crippen LogP contribution in [0, 0.1) is 0 Å². The van der Waals surface area contributed by atoms with Gasteiger partial charge in [-0.1, -0.05) is 43.7 Å². The van der Waals surface area contributed by atoms with E-state index in [9.17, 15) is 4.79 Å². The molecule has 0 bridgehead atoms. The first kappa shape index (κ1) is 20.2. The van der Waals surface area contributed by atoms with Crippen molar-refractivity contribution in [1.29, 1.82) is 0 Å². The lowest BCUT2D eigenvalue weighted by atomic mass is 9.93. The Morgan fingerprint density at radius 3 is 2.77 bits per heavy atom. The van der Waals surface area contributed by atoms with E-state index in [-0.39, 0.29) is 17.1 Å². The predicted octanol–water partition coefficient (Wildman–Crippen LogP) is 3.75. The molecular formula is C22H25ClN6O2. The fourth-order valence-corrected chi connectivity index (χ4v) is 4.39. The second-order valence-corrected chi connectivity index (χ2v) is 9.50. The Kier molecular flexibility index (Phi) is 4.86. The van der Waals surface area contributed by atoms with Crippen molar-refractivity contribution in [2.45, 2.75) is 58.1 Å². The number of fused-ring (bicyclic) bond motifs is 3. The van der Waals surface area contributed by atoms with Crippen LogP contribution in [0.1, 0.15) is 45.7 Å². The molecule has 9 heteroatoms. The predicted molar refractivity (Wildman–Crippen MR) is 119 cm³/mol. The van der Waals surface area contributed by atoms with Gasteiger partial charge in [0.1, 0.15) is 6.33 Å². The van der Waals surface area contributed by atoms with Crippen molar-refractivity contribution in [1.82, 2.24) is 28.9 Å². The highest BCUT2D eigenvalue weighted by Crippen LogP contribution is 2.27. The van der Waals surface area contributed by atoms with E-state index in [4.69, 9.17) is 16.3 Å². The van der Waals surface area contributed by atoms with Gasteiger partial charge in [-0.3, -0.25) is 9.20 Å². The third-order valence-electron chi connectivity index (χ3n) is 5.83. The molecule has 162 valence electrons. The van der Waals surface area contributed by atoms with Crippen molar-refractivity contribution < 1.29 is 4.74 Å². The molecule has 0 amide bonds. The summed E-state index contributed by atoms with van der Waals surface area (Å²) in [7, 11) is 0. The summed E-state index contributed by atoms with van der Waals surface area (Å²) in [6.07, 6.45) is 6.54. The molecule has 1 aromatic carbocycles. The van der Waals surface area contributed by atoms with Crippen molar-refractivity contribution in [2.75, 3.05) is 6.61 Å². The molecule has 4 aromatic rings. The summed E-state index contributed by atoms with van der Waals surface area (Å²) >= 11 is 6.57. The highest BCUT2D eigenvalue weighted by Gasteiger charge is 2.24. The van der Waals surface area contributed by atoms with E-state index in [1.807, 2.05) is 18.3 Å². The fourth-order valence-electron chi connectivity index (χ4n) is 4.12. The van der Waals surface area contributed by atoms with Gasteiger partial charge in [0.05, 0.1) is 40.6 Å². The number of para-hydroxylation sites is 1. The van der Waals surface area contributed by atoms with Crippen LogP contribution < -0.4 is 5.56 Å². The van der Waals surface area contributed by atoms with Crippen molar-refractivity contribution in [3.8, 4) is 5.82 Å². The maximum absolute atomic E-state index is 13.8. The summed E-state index contributed by atoms with van der Waals surface area (Å²) in [5, 5.41) is 9.06. The third-order valence-corrected chi connectivity index (χ3v) is 6.13. The monoisotopic (exact) mass is 440 g/mol. The van der Waals surface area contributed by atoms with Gasteiger partial charge in [0.2, 0.25) is 0 Å². The zero-order valence-corrected chi connectivity index (χ0v) is 18.6. The van der Waals surface area contributed by atoms with Gasteiger partial charge < -0.3 is 9.30 Å². The number of imidazole rings is 1. The summed E-state index contributed by atoms with van der Waals surface area (Å²) in [5.41, 5.74) is 2.44. The molecule has 1 aliphatic heterocycles. The van der Waals surface area contributed by atoms with Crippen molar-refractivity contribution in [3.63, 3.8) is 0 Å². The van der Waals surface area contributed by atoms with Crippen LogP contribution in [-0.2, 0) is 16.7 Å². The Labute approximate surface area is 184 Å². The van der Waals surface area contributed by atoms with E-state index in [0.717, 1.165) is 37.1 Å². The molecule has 3 aromatic heterocycles. The average molecular weight is 441 g/mol. The summed E-state index contributed by atoms with van der Waals surface area (Å²) in [4.78, 5) is 18.3. The molecule has 1 aliphatic rings. The second-order valence-electron chi connectivity index (χ2n) is 9.10. The van der Waals surface area contributed by atoms with Crippen LogP contribution in [-0.4, -0.2) is 41.7 Å². The maximum atomic E-state index is 13.8. The number of hydrogen-bond acceptors (Lipinski definition) is 5. The Hall–Kier alpha value is -2.71. The van der Waals surface area contributed by atoms with Crippen LogP contribution in [0.3, 0.4) is 0 Å². The van der Waals surface area contributed by atoms with Crippen LogP contribution in [0.15, 0.2) is 35.5 Å². The topological polar surface area (TPSA) is 79.2 Å². The molecule has 0 aliphatic carbocycles. The first-order valence-electron chi connectivity index (χ1n) is 10.6. The molecule has 0 saturated carbocycles. The number of benzene rings is 1. The van der Waals surface area contributed by atoms with E-state index < -0.39 is 0 Å². The van der Waals surface area contributed by atoms with Gasteiger partial charge >= 0.3 is 0 Å². The van der Waals surface area contributed by atoms with Crippen LogP contribution in [0.5, 0.6) is 0 Å². The van der Waals surface area contributed by atoms with Crippen molar-refractivity contribution in [2.24, 2.45) is 0 Å². The number of halogens is 1. The van der Waals surface area contributed by atoms with Crippen LogP contribution in [0.4, 0.5) is 0 Å². The van der Waals surface area contributed by atoms with E-state index in [1.165, 1.54) is 0 Å². The number of aromatic nitrogens is 6. The lowest BCUT2D eigenvalue weighted by Gasteiger charge is -2.24. The molecule has 0 N–H and O–H groups in total. The van der Waals surface area contributed by atoms with Crippen LogP contribution in [0.2, 0.25) is 5.02 Å². The maximum Gasteiger partial charge on any atom is 0.279 e.